The van der Waals surface area contributed by atoms with E-state index in [9.17, 15) is 9.90 Å². The van der Waals surface area contributed by atoms with Crippen LogP contribution in [-0.4, -0.2) is 34.6 Å². The lowest BCUT2D eigenvalue weighted by Crippen LogP contribution is -2.52. The van der Waals surface area contributed by atoms with Crippen LogP contribution in [0.3, 0.4) is 0 Å². The number of hydrogen-bond acceptors (Lipinski definition) is 2. The second-order valence-corrected chi connectivity index (χ2v) is 4.92. The number of hydrogen-bond donors (Lipinski definition) is 1. The van der Waals surface area contributed by atoms with Crippen molar-refractivity contribution in [1.82, 2.24) is 4.90 Å². The molecule has 0 radical (unpaired) electrons. The zero-order valence-corrected chi connectivity index (χ0v) is 10.6. The summed E-state index contributed by atoms with van der Waals surface area (Å²) in [4.78, 5) is 13.9. The van der Waals surface area contributed by atoms with Crippen LogP contribution in [0.5, 0.6) is 0 Å². The molecule has 1 unspecified atom stereocenters. The minimum atomic E-state index is -1.18. The van der Waals surface area contributed by atoms with Crippen LogP contribution in [0, 0.1) is 5.41 Å². The molecule has 1 aliphatic rings. The number of nitrogens with zero attached hydrogens (tertiary/aromatic N) is 1. The van der Waals surface area contributed by atoms with Gasteiger partial charge < -0.3 is 10.0 Å². The van der Waals surface area contributed by atoms with Crippen LogP contribution in [-0.2, 0) is 4.79 Å². The van der Waals surface area contributed by atoms with Gasteiger partial charge in [-0.25, -0.2) is 0 Å². The lowest BCUT2D eigenvalue weighted by Gasteiger charge is -2.40. The first-order valence-electron chi connectivity index (χ1n) is 6.08. The first kappa shape index (κ1) is 13.2. The van der Waals surface area contributed by atoms with E-state index < -0.39 is 5.60 Å². The third-order valence-electron chi connectivity index (χ3n) is 4.29. The summed E-state index contributed by atoms with van der Waals surface area (Å²) in [6.07, 6.45) is 3.87. The lowest BCUT2D eigenvalue weighted by molar-refractivity contribution is -0.156. The molecule has 16 heavy (non-hydrogen) atoms. The Morgan fingerprint density at radius 3 is 2.56 bits per heavy atom. The van der Waals surface area contributed by atoms with Crippen LogP contribution in [0.2, 0.25) is 0 Å². The third-order valence-corrected chi connectivity index (χ3v) is 4.29. The predicted molar refractivity (Wildman–Crippen MR) is 65.0 cm³/mol. The van der Waals surface area contributed by atoms with E-state index in [0.29, 0.717) is 19.5 Å². The zero-order chi connectivity index (χ0) is 12.4. The molecule has 0 aromatic heterocycles. The van der Waals surface area contributed by atoms with E-state index >= 15 is 0 Å². The number of rotatable bonds is 5. The Morgan fingerprint density at radius 2 is 2.12 bits per heavy atom. The molecule has 1 heterocycles. The van der Waals surface area contributed by atoms with Crippen LogP contribution in [0.4, 0.5) is 0 Å². The fraction of sp³-hybridized carbons (Fsp3) is 0.769. The fourth-order valence-corrected chi connectivity index (χ4v) is 2.49. The van der Waals surface area contributed by atoms with Gasteiger partial charge in [0.25, 0.3) is 5.91 Å². The first-order chi connectivity index (χ1) is 7.45. The van der Waals surface area contributed by atoms with E-state index in [0.717, 1.165) is 12.8 Å². The molecule has 0 aromatic rings. The number of carbonyl (C=O) groups is 1. The molecule has 1 rings (SSSR count). The molecule has 1 saturated heterocycles. The number of amides is 1. The molecule has 0 aromatic carbocycles. The molecule has 3 nitrogen and oxygen atoms in total. The summed E-state index contributed by atoms with van der Waals surface area (Å²) in [5, 5.41) is 10.7. The summed E-state index contributed by atoms with van der Waals surface area (Å²) >= 11 is 0. The highest BCUT2D eigenvalue weighted by atomic mass is 16.3. The highest BCUT2D eigenvalue weighted by Crippen LogP contribution is 2.44. The summed E-state index contributed by atoms with van der Waals surface area (Å²) in [6, 6.07) is 0. The van der Waals surface area contributed by atoms with Gasteiger partial charge in [-0.1, -0.05) is 26.8 Å². The second kappa shape index (κ2) is 4.58. The molecule has 1 fully saturated rings. The highest BCUT2D eigenvalue weighted by molar-refractivity contribution is 5.88. The topological polar surface area (TPSA) is 40.5 Å². The SMILES string of the molecule is C=CCN1CCC(O)(C(C)(CC)CC)C1=O. The lowest BCUT2D eigenvalue weighted by atomic mass is 9.68. The predicted octanol–water partition coefficient (Wildman–Crippen LogP) is 1.96. The Hall–Kier alpha value is -0.830. The van der Waals surface area contributed by atoms with Crippen molar-refractivity contribution in [3.05, 3.63) is 12.7 Å². The highest BCUT2D eigenvalue weighted by Gasteiger charge is 2.55. The zero-order valence-electron chi connectivity index (χ0n) is 10.6. The average Bonchev–Trinajstić information content (AvgIpc) is 2.58. The molecular formula is C13H23NO2. The number of aliphatic hydroxyl groups is 1. The normalized spacial score (nSPS) is 26.2. The molecule has 0 saturated carbocycles. The van der Waals surface area contributed by atoms with Crippen molar-refractivity contribution in [2.24, 2.45) is 5.41 Å². The first-order valence-corrected chi connectivity index (χ1v) is 6.08. The van der Waals surface area contributed by atoms with Gasteiger partial charge >= 0.3 is 0 Å². The molecule has 1 atom stereocenters. The Morgan fingerprint density at radius 1 is 1.56 bits per heavy atom. The quantitative estimate of drug-likeness (QED) is 0.727. The van der Waals surface area contributed by atoms with Gasteiger partial charge in [0.05, 0.1) is 0 Å². The number of likely N-dealkylation sites (tertiary alicyclic amines) is 1. The molecule has 0 aliphatic carbocycles. The van der Waals surface area contributed by atoms with Crippen LogP contribution in [0.25, 0.3) is 0 Å². The largest absolute Gasteiger partial charge is 0.379 e. The second-order valence-electron chi connectivity index (χ2n) is 4.92. The third kappa shape index (κ3) is 1.77. The van der Waals surface area contributed by atoms with Crippen LogP contribution < -0.4 is 0 Å². The standard InChI is InChI=1S/C13H23NO2/c1-5-9-14-10-8-13(16,11(14)15)12(4,6-2)7-3/h5,16H,1,6-10H2,2-4H3. The van der Waals surface area contributed by atoms with E-state index in [-0.39, 0.29) is 11.3 Å². The molecule has 1 aliphatic heterocycles. The minimum absolute atomic E-state index is 0.126. The van der Waals surface area contributed by atoms with Gasteiger partial charge in [0, 0.05) is 24.9 Å². The summed E-state index contributed by atoms with van der Waals surface area (Å²) < 4.78 is 0. The maximum atomic E-state index is 12.2. The van der Waals surface area contributed by atoms with Crippen molar-refractivity contribution < 1.29 is 9.90 Å². The molecule has 0 bridgehead atoms. The number of carbonyl (C=O) groups excluding carboxylic acids is 1. The maximum absolute atomic E-state index is 12.2. The molecule has 0 spiro atoms. The Kier molecular flexibility index (Phi) is 3.79. The van der Waals surface area contributed by atoms with Crippen molar-refractivity contribution in [2.75, 3.05) is 13.1 Å². The smallest absolute Gasteiger partial charge is 0.255 e. The Labute approximate surface area is 98.1 Å². The van der Waals surface area contributed by atoms with Crippen LogP contribution >= 0.6 is 0 Å². The van der Waals surface area contributed by atoms with Gasteiger partial charge in [-0.3, -0.25) is 4.79 Å². The van der Waals surface area contributed by atoms with Gasteiger partial charge in [0.1, 0.15) is 5.60 Å². The van der Waals surface area contributed by atoms with Crippen molar-refractivity contribution >= 4 is 5.91 Å². The summed E-state index contributed by atoms with van der Waals surface area (Å²) in [5.74, 6) is -0.126. The summed E-state index contributed by atoms with van der Waals surface area (Å²) in [7, 11) is 0. The van der Waals surface area contributed by atoms with Gasteiger partial charge in [0.15, 0.2) is 0 Å². The van der Waals surface area contributed by atoms with Gasteiger partial charge in [-0.15, -0.1) is 6.58 Å². The Bertz CT molecular complexity index is 284. The summed E-state index contributed by atoms with van der Waals surface area (Å²) in [6.45, 7) is 10.9. The molecule has 1 N–H and O–H groups in total. The van der Waals surface area contributed by atoms with E-state index in [4.69, 9.17) is 0 Å². The molecular weight excluding hydrogens is 202 g/mol. The molecule has 1 amide bonds. The van der Waals surface area contributed by atoms with Gasteiger partial charge in [-0.2, -0.15) is 0 Å². The van der Waals surface area contributed by atoms with E-state index in [1.165, 1.54) is 0 Å². The monoisotopic (exact) mass is 225 g/mol. The van der Waals surface area contributed by atoms with Crippen LogP contribution in [0.15, 0.2) is 12.7 Å². The van der Waals surface area contributed by atoms with Crippen molar-refractivity contribution in [3.63, 3.8) is 0 Å². The molecule has 3 heteroatoms. The van der Waals surface area contributed by atoms with Crippen molar-refractivity contribution in [2.45, 2.75) is 45.6 Å². The summed E-state index contributed by atoms with van der Waals surface area (Å²) in [5.41, 5.74) is -1.50. The molecule has 92 valence electrons. The Balaban J connectivity index is 2.95. The van der Waals surface area contributed by atoms with E-state index in [1.54, 1.807) is 11.0 Å². The van der Waals surface area contributed by atoms with Gasteiger partial charge in [-0.05, 0) is 12.8 Å². The van der Waals surface area contributed by atoms with Crippen molar-refractivity contribution in [1.29, 1.82) is 0 Å². The van der Waals surface area contributed by atoms with Crippen LogP contribution in [0.1, 0.15) is 40.0 Å². The fourth-order valence-electron chi connectivity index (χ4n) is 2.49. The minimum Gasteiger partial charge on any atom is -0.379 e. The van der Waals surface area contributed by atoms with E-state index in [2.05, 4.69) is 6.58 Å². The maximum Gasteiger partial charge on any atom is 0.255 e. The van der Waals surface area contributed by atoms with Crippen molar-refractivity contribution in [3.8, 4) is 0 Å². The van der Waals surface area contributed by atoms with Gasteiger partial charge in [0.2, 0.25) is 0 Å². The van der Waals surface area contributed by atoms with E-state index in [1.807, 2.05) is 20.8 Å². The average molecular weight is 225 g/mol.